The summed E-state index contributed by atoms with van der Waals surface area (Å²) in [5.41, 5.74) is 5.44. The van der Waals surface area contributed by atoms with E-state index < -0.39 is 5.41 Å². The van der Waals surface area contributed by atoms with Crippen molar-refractivity contribution < 1.29 is 9.59 Å². The molecule has 5 nitrogen and oxygen atoms in total. The highest BCUT2D eigenvalue weighted by molar-refractivity contribution is 7.99. The minimum Gasteiger partial charge on any atom is -0.341 e. The average molecular weight is 299 g/mol. The molecule has 0 spiro atoms. The number of thioether (sulfide) groups is 1. The summed E-state index contributed by atoms with van der Waals surface area (Å²) >= 11 is 1.66. The lowest BCUT2D eigenvalue weighted by atomic mass is 9.94. The zero-order valence-corrected chi connectivity index (χ0v) is 13.4. The highest BCUT2D eigenvalue weighted by Gasteiger charge is 2.40. The first-order valence-electron chi connectivity index (χ1n) is 7.24. The van der Waals surface area contributed by atoms with Crippen LogP contribution in [0.1, 0.15) is 33.6 Å². The minimum atomic E-state index is -0.437. The van der Waals surface area contributed by atoms with Gasteiger partial charge in [-0.25, -0.2) is 0 Å². The Bertz CT molecular complexity index is 386. The van der Waals surface area contributed by atoms with E-state index in [1.165, 1.54) is 0 Å². The monoisotopic (exact) mass is 299 g/mol. The van der Waals surface area contributed by atoms with Crippen LogP contribution in [0.4, 0.5) is 0 Å². The molecule has 0 radical (unpaired) electrons. The third-order valence-corrected chi connectivity index (χ3v) is 4.93. The number of nitrogens with zero attached hydrogens (tertiary/aromatic N) is 2. The molecule has 2 heterocycles. The summed E-state index contributed by atoms with van der Waals surface area (Å²) in [5.74, 6) is 1.50. The smallest absolute Gasteiger partial charge is 0.246 e. The summed E-state index contributed by atoms with van der Waals surface area (Å²) in [6, 6.07) is -0.0784. The lowest BCUT2D eigenvalue weighted by Crippen LogP contribution is -2.53. The molecule has 2 aliphatic rings. The van der Waals surface area contributed by atoms with Crippen molar-refractivity contribution in [2.24, 2.45) is 11.1 Å². The van der Waals surface area contributed by atoms with Gasteiger partial charge in [0.1, 0.15) is 6.04 Å². The van der Waals surface area contributed by atoms with Crippen LogP contribution in [-0.2, 0) is 9.59 Å². The Morgan fingerprint density at radius 1 is 1.20 bits per heavy atom. The van der Waals surface area contributed by atoms with Crippen molar-refractivity contribution in [2.45, 2.75) is 45.7 Å². The number of hydrogen-bond acceptors (Lipinski definition) is 4. The van der Waals surface area contributed by atoms with Crippen LogP contribution in [0.3, 0.4) is 0 Å². The van der Waals surface area contributed by atoms with Gasteiger partial charge in [0.15, 0.2) is 0 Å². The van der Waals surface area contributed by atoms with E-state index in [0.717, 1.165) is 25.9 Å². The van der Waals surface area contributed by atoms with Crippen LogP contribution in [0.25, 0.3) is 0 Å². The SMILES string of the molecule is CC(C)(C)C(=O)N1CSCC1C(=O)N1CCC(N)CC1. The first-order chi connectivity index (χ1) is 9.30. The summed E-state index contributed by atoms with van der Waals surface area (Å²) in [6.07, 6.45) is 1.72. The van der Waals surface area contributed by atoms with E-state index in [9.17, 15) is 9.59 Å². The Hall–Kier alpha value is -0.750. The second kappa shape index (κ2) is 5.93. The van der Waals surface area contributed by atoms with Gasteiger partial charge in [0.05, 0.1) is 5.88 Å². The van der Waals surface area contributed by atoms with E-state index in [-0.39, 0.29) is 23.9 Å². The van der Waals surface area contributed by atoms with Gasteiger partial charge in [0.2, 0.25) is 11.8 Å². The predicted octanol–water partition coefficient (Wildman–Crippen LogP) is 0.884. The van der Waals surface area contributed by atoms with Gasteiger partial charge in [-0.15, -0.1) is 11.8 Å². The molecular weight excluding hydrogens is 274 g/mol. The highest BCUT2D eigenvalue weighted by atomic mass is 32.2. The van der Waals surface area contributed by atoms with Crippen LogP contribution in [0, 0.1) is 5.41 Å². The van der Waals surface area contributed by atoms with Crippen molar-refractivity contribution in [3.8, 4) is 0 Å². The summed E-state index contributed by atoms with van der Waals surface area (Å²) in [4.78, 5) is 28.7. The summed E-state index contributed by atoms with van der Waals surface area (Å²) in [5, 5.41) is 0. The van der Waals surface area contributed by atoms with E-state index in [0.29, 0.717) is 11.6 Å². The Morgan fingerprint density at radius 3 is 2.35 bits per heavy atom. The molecule has 2 saturated heterocycles. The van der Waals surface area contributed by atoms with Gasteiger partial charge in [-0.2, -0.15) is 0 Å². The Morgan fingerprint density at radius 2 is 1.80 bits per heavy atom. The van der Waals surface area contributed by atoms with E-state index in [1.807, 2.05) is 25.7 Å². The normalized spacial score (nSPS) is 25.1. The van der Waals surface area contributed by atoms with Crippen LogP contribution in [0.2, 0.25) is 0 Å². The third-order valence-electron chi connectivity index (χ3n) is 3.92. The lowest BCUT2D eigenvalue weighted by Gasteiger charge is -2.35. The Kier molecular flexibility index (Phi) is 4.64. The molecule has 0 saturated carbocycles. The minimum absolute atomic E-state index is 0.0644. The first-order valence-corrected chi connectivity index (χ1v) is 8.39. The largest absolute Gasteiger partial charge is 0.341 e. The van der Waals surface area contributed by atoms with Gasteiger partial charge < -0.3 is 15.5 Å². The molecule has 1 unspecified atom stereocenters. The van der Waals surface area contributed by atoms with Crippen LogP contribution in [-0.4, -0.2) is 58.4 Å². The molecular formula is C14H25N3O2S. The second-order valence-electron chi connectivity index (χ2n) is 6.70. The summed E-state index contributed by atoms with van der Waals surface area (Å²) in [7, 11) is 0. The standard InChI is InChI=1S/C14H25N3O2S/c1-14(2,3)13(19)17-9-20-8-11(17)12(18)16-6-4-10(15)5-7-16/h10-11H,4-9,15H2,1-3H3. The van der Waals surface area contributed by atoms with Crippen LogP contribution < -0.4 is 5.73 Å². The third kappa shape index (κ3) is 3.28. The predicted molar refractivity (Wildman–Crippen MR) is 81.2 cm³/mol. The number of likely N-dealkylation sites (tertiary alicyclic amines) is 1. The molecule has 114 valence electrons. The molecule has 0 aromatic rings. The molecule has 2 fully saturated rings. The fourth-order valence-electron chi connectivity index (χ4n) is 2.61. The van der Waals surface area contributed by atoms with Gasteiger partial charge in [-0.3, -0.25) is 9.59 Å². The quantitative estimate of drug-likeness (QED) is 0.780. The lowest BCUT2D eigenvalue weighted by molar-refractivity contribution is -0.148. The van der Waals surface area contributed by atoms with Crippen molar-refractivity contribution in [1.82, 2.24) is 9.80 Å². The molecule has 2 aliphatic heterocycles. The Balaban J connectivity index is 2.03. The second-order valence-corrected chi connectivity index (χ2v) is 7.70. The first kappa shape index (κ1) is 15.6. The van der Waals surface area contributed by atoms with E-state index in [2.05, 4.69) is 0 Å². The van der Waals surface area contributed by atoms with Crippen molar-refractivity contribution in [2.75, 3.05) is 24.7 Å². The molecule has 2 N–H and O–H groups in total. The van der Waals surface area contributed by atoms with Gasteiger partial charge in [0.25, 0.3) is 0 Å². The zero-order chi connectivity index (χ0) is 14.9. The van der Waals surface area contributed by atoms with Gasteiger partial charge in [-0.05, 0) is 12.8 Å². The molecule has 2 rings (SSSR count). The van der Waals surface area contributed by atoms with Crippen molar-refractivity contribution in [1.29, 1.82) is 0 Å². The Labute approximate surface area is 125 Å². The van der Waals surface area contributed by atoms with E-state index in [1.54, 1.807) is 16.7 Å². The van der Waals surface area contributed by atoms with Crippen LogP contribution in [0.5, 0.6) is 0 Å². The van der Waals surface area contributed by atoms with Crippen LogP contribution in [0.15, 0.2) is 0 Å². The molecule has 1 atom stereocenters. The number of hydrogen-bond donors (Lipinski definition) is 1. The molecule has 6 heteroatoms. The maximum Gasteiger partial charge on any atom is 0.246 e. The van der Waals surface area contributed by atoms with Crippen molar-refractivity contribution in [3.05, 3.63) is 0 Å². The van der Waals surface area contributed by atoms with Gasteiger partial charge in [-0.1, -0.05) is 20.8 Å². The van der Waals surface area contributed by atoms with Crippen LogP contribution >= 0.6 is 11.8 Å². The molecule has 0 aromatic heterocycles. The summed E-state index contributed by atoms with van der Waals surface area (Å²) in [6.45, 7) is 7.15. The topological polar surface area (TPSA) is 66.6 Å². The number of carbonyl (C=O) groups excluding carboxylic acids is 2. The van der Waals surface area contributed by atoms with E-state index >= 15 is 0 Å². The van der Waals surface area contributed by atoms with Crippen molar-refractivity contribution in [3.63, 3.8) is 0 Å². The molecule has 2 amide bonds. The van der Waals surface area contributed by atoms with Gasteiger partial charge >= 0.3 is 0 Å². The zero-order valence-electron chi connectivity index (χ0n) is 12.6. The van der Waals surface area contributed by atoms with E-state index in [4.69, 9.17) is 5.73 Å². The van der Waals surface area contributed by atoms with Gasteiger partial charge in [0, 0.05) is 30.3 Å². The highest BCUT2D eigenvalue weighted by Crippen LogP contribution is 2.28. The molecule has 0 aliphatic carbocycles. The maximum absolute atomic E-state index is 12.6. The number of amides is 2. The fraction of sp³-hybridized carbons (Fsp3) is 0.857. The average Bonchev–Trinajstić information content (AvgIpc) is 2.85. The molecule has 0 aromatic carbocycles. The number of carbonyl (C=O) groups is 2. The van der Waals surface area contributed by atoms with Crippen molar-refractivity contribution >= 4 is 23.6 Å². The number of rotatable bonds is 1. The summed E-state index contributed by atoms with van der Waals surface area (Å²) < 4.78 is 0. The number of nitrogens with two attached hydrogens (primary N) is 1. The maximum atomic E-state index is 12.6. The molecule has 0 bridgehead atoms. The number of piperidine rings is 1. The fourth-order valence-corrected chi connectivity index (χ4v) is 3.75. The molecule has 20 heavy (non-hydrogen) atoms.